The zero-order valence-electron chi connectivity index (χ0n) is 7.03. The van der Waals surface area contributed by atoms with Gasteiger partial charge in [0, 0.05) is 12.3 Å². The van der Waals surface area contributed by atoms with Crippen LogP contribution in [0.1, 0.15) is 18.1 Å². The van der Waals surface area contributed by atoms with Gasteiger partial charge < -0.3 is 4.79 Å². The Kier molecular flexibility index (Phi) is 1.67. The summed E-state index contributed by atoms with van der Waals surface area (Å²) in [5.74, 6) is 1.96. The van der Waals surface area contributed by atoms with Gasteiger partial charge in [-0.15, -0.1) is 0 Å². The van der Waals surface area contributed by atoms with Crippen molar-refractivity contribution < 1.29 is 4.79 Å². The molecule has 0 bridgehead atoms. The Bertz CT molecular complexity index is 305. The van der Waals surface area contributed by atoms with E-state index in [-0.39, 0.29) is 5.92 Å². The molecule has 2 rings (SSSR count). The standard InChI is InChI=1S/C8H11N3O/c1-6-9-8-3-2-7(5-12)4-11(8)10-6/h5,7H,2-4H2,1H3. The van der Waals surface area contributed by atoms with Gasteiger partial charge in [-0.3, -0.25) is 0 Å². The van der Waals surface area contributed by atoms with Crippen LogP contribution in [0, 0.1) is 12.8 Å². The van der Waals surface area contributed by atoms with Gasteiger partial charge in [-0.25, -0.2) is 9.67 Å². The van der Waals surface area contributed by atoms with Crippen LogP contribution < -0.4 is 0 Å². The third-order valence-electron chi connectivity index (χ3n) is 2.19. The van der Waals surface area contributed by atoms with Gasteiger partial charge in [0.1, 0.15) is 17.9 Å². The number of carbonyl (C=O) groups is 1. The minimum atomic E-state index is 0.138. The summed E-state index contributed by atoms with van der Waals surface area (Å²) in [6.45, 7) is 2.58. The van der Waals surface area contributed by atoms with E-state index in [2.05, 4.69) is 10.1 Å². The number of fused-ring (bicyclic) bond motifs is 1. The lowest BCUT2D eigenvalue weighted by Gasteiger charge is -2.16. The molecule has 0 aromatic carbocycles. The predicted molar refractivity (Wildman–Crippen MR) is 42.6 cm³/mol. The van der Waals surface area contributed by atoms with Crippen LogP contribution in [0.2, 0.25) is 0 Å². The highest BCUT2D eigenvalue weighted by Gasteiger charge is 2.19. The number of hydrogen-bond acceptors (Lipinski definition) is 3. The maximum atomic E-state index is 10.5. The number of carbonyl (C=O) groups excluding carboxylic acids is 1. The zero-order valence-corrected chi connectivity index (χ0v) is 7.03. The Morgan fingerprint density at radius 1 is 1.67 bits per heavy atom. The summed E-state index contributed by atoms with van der Waals surface area (Å²) >= 11 is 0. The normalized spacial score (nSPS) is 21.9. The van der Waals surface area contributed by atoms with E-state index in [4.69, 9.17) is 0 Å². The van der Waals surface area contributed by atoms with Crippen molar-refractivity contribution in [3.8, 4) is 0 Å². The first-order chi connectivity index (χ1) is 5.79. The lowest BCUT2D eigenvalue weighted by Crippen LogP contribution is -2.22. The molecule has 1 aliphatic rings. The van der Waals surface area contributed by atoms with Gasteiger partial charge in [0.25, 0.3) is 0 Å². The molecule has 2 heterocycles. The largest absolute Gasteiger partial charge is 0.303 e. The number of aldehydes is 1. The SMILES string of the molecule is Cc1nc2n(n1)CC(C=O)CC2. The molecule has 0 fully saturated rings. The predicted octanol–water partition coefficient (Wildman–Crippen LogP) is 0.348. The third kappa shape index (κ3) is 1.13. The van der Waals surface area contributed by atoms with Crippen molar-refractivity contribution in [3.63, 3.8) is 0 Å². The van der Waals surface area contributed by atoms with Crippen LogP contribution in [-0.4, -0.2) is 21.1 Å². The summed E-state index contributed by atoms with van der Waals surface area (Å²) in [6.07, 6.45) is 2.81. The Labute approximate surface area is 70.6 Å². The Morgan fingerprint density at radius 3 is 3.25 bits per heavy atom. The molecule has 0 saturated carbocycles. The summed E-state index contributed by atoms with van der Waals surface area (Å²) in [5, 5.41) is 4.20. The van der Waals surface area contributed by atoms with E-state index in [9.17, 15) is 4.79 Å². The molecule has 0 saturated heterocycles. The maximum absolute atomic E-state index is 10.5. The minimum absolute atomic E-state index is 0.138. The number of rotatable bonds is 1. The molecule has 12 heavy (non-hydrogen) atoms. The van der Waals surface area contributed by atoms with E-state index in [1.54, 1.807) is 0 Å². The smallest absolute Gasteiger partial charge is 0.147 e. The van der Waals surface area contributed by atoms with E-state index in [0.717, 1.165) is 30.8 Å². The molecule has 0 amide bonds. The average molecular weight is 165 g/mol. The van der Waals surface area contributed by atoms with Gasteiger partial charge >= 0.3 is 0 Å². The molecule has 1 atom stereocenters. The molecule has 0 aliphatic carbocycles. The fourth-order valence-electron chi connectivity index (χ4n) is 1.57. The molecule has 1 unspecified atom stereocenters. The van der Waals surface area contributed by atoms with Crippen LogP contribution in [0.15, 0.2) is 0 Å². The number of nitrogens with zero attached hydrogens (tertiary/aromatic N) is 3. The molecule has 4 nitrogen and oxygen atoms in total. The fourth-order valence-corrected chi connectivity index (χ4v) is 1.57. The second kappa shape index (κ2) is 2.69. The maximum Gasteiger partial charge on any atom is 0.147 e. The van der Waals surface area contributed by atoms with Gasteiger partial charge in [0.15, 0.2) is 0 Å². The highest BCUT2D eigenvalue weighted by atomic mass is 16.1. The summed E-state index contributed by atoms with van der Waals surface area (Å²) in [7, 11) is 0. The zero-order chi connectivity index (χ0) is 8.55. The summed E-state index contributed by atoms with van der Waals surface area (Å²) < 4.78 is 1.85. The molecule has 1 aliphatic heterocycles. The molecule has 0 N–H and O–H groups in total. The fraction of sp³-hybridized carbons (Fsp3) is 0.625. The lowest BCUT2D eigenvalue weighted by molar-refractivity contribution is -0.111. The van der Waals surface area contributed by atoms with Crippen LogP contribution in [-0.2, 0) is 17.8 Å². The van der Waals surface area contributed by atoms with E-state index < -0.39 is 0 Å². The molecule has 4 heteroatoms. The van der Waals surface area contributed by atoms with Crippen molar-refractivity contribution in [1.29, 1.82) is 0 Å². The van der Waals surface area contributed by atoms with Crippen molar-refractivity contribution in [3.05, 3.63) is 11.6 Å². The van der Waals surface area contributed by atoms with Crippen LogP contribution in [0.5, 0.6) is 0 Å². The van der Waals surface area contributed by atoms with Crippen LogP contribution >= 0.6 is 0 Å². The molecule has 1 aromatic rings. The van der Waals surface area contributed by atoms with Gasteiger partial charge in [-0.05, 0) is 13.3 Å². The first-order valence-corrected chi connectivity index (χ1v) is 4.15. The minimum Gasteiger partial charge on any atom is -0.303 e. The molecular weight excluding hydrogens is 154 g/mol. The first kappa shape index (κ1) is 7.46. The summed E-state index contributed by atoms with van der Waals surface area (Å²) in [4.78, 5) is 14.8. The Hall–Kier alpha value is -1.19. The van der Waals surface area contributed by atoms with Crippen LogP contribution in [0.4, 0.5) is 0 Å². The van der Waals surface area contributed by atoms with Crippen molar-refractivity contribution >= 4 is 6.29 Å². The third-order valence-corrected chi connectivity index (χ3v) is 2.19. The van der Waals surface area contributed by atoms with Gasteiger partial charge in [0.2, 0.25) is 0 Å². The van der Waals surface area contributed by atoms with E-state index >= 15 is 0 Å². The summed E-state index contributed by atoms with van der Waals surface area (Å²) in [5.41, 5.74) is 0. The van der Waals surface area contributed by atoms with Crippen molar-refractivity contribution in [2.24, 2.45) is 5.92 Å². The van der Waals surface area contributed by atoms with Crippen molar-refractivity contribution in [2.75, 3.05) is 0 Å². The monoisotopic (exact) mass is 165 g/mol. The molecular formula is C8H11N3O. The van der Waals surface area contributed by atoms with Gasteiger partial charge in [-0.1, -0.05) is 0 Å². The molecule has 0 spiro atoms. The number of aryl methyl sites for hydroxylation is 2. The van der Waals surface area contributed by atoms with Crippen LogP contribution in [0.3, 0.4) is 0 Å². The van der Waals surface area contributed by atoms with E-state index in [1.807, 2.05) is 11.6 Å². The Morgan fingerprint density at radius 2 is 2.50 bits per heavy atom. The highest BCUT2D eigenvalue weighted by Crippen LogP contribution is 2.15. The number of aromatic nitrogens is 3. The topological polar surface area (TPSA) is 47.8 Å². The lowest BCUT2D eigenvalue weighted by atomic mass is 10.0. The second-order valence-electron chi connectivity index (χ2n) is 3.19. The van der Waals surface area contributed by atoms with Crippen molar-refractivity contribution in [2.45, 2.75) is 26.3 Å². The number of hydrogen-bond donors (Lipinski definition) is 0. The first-order valence-electron chi connectivity index (χ1n) is 4.15. The Balaban J connectivity index is 2.28. The quantitative estimate of drug-likeness (QED) is 0.564. The average Bonchev–Trinajstić information content (AvgIpc) is 2.43. The van der Waals surface area contributed by atoms with E-state index in [0.29, 0.717) is 6.54 Å². The second-order valence-corrected chi connectivity index (χ2v) is 3.19. The van der Waals surface area contributed by atoms with Crippen LogP contribution in [0.25, 0.3) is 0 Å². The molecule has 0 radical (unpaired) electrons. The summed E-state index contributed by atoms with van der Waals surface area (Å²) in [6, 6.07) is 0. The van der Waals surface area contributed by atoms with Crippen molar-refractivity contribution in [1.82, 2.24) is 14.8 Å². The highest BCUT2D eigenvalue weighted by molar-refractivity contribution is 5.53. The van der Waals surface area contributed by atoms with Gasteiger partial charge in [-0.2, -0.15) is 5.10 Å². The van der Waals surface area contributed by atoms with Gasteiger partial charge in [0.05, 0.1) is 6.54 Å². The molecule has 64 valence electrons. The van der Waals surface area contributed by atoms with E-state index in [1.165, 1.54) is 0 Å². The molecule has 1 aromatic heterocycles.